The van der Waals surface area contributed by atoms with Crippen molar-refractivity contribution in [3.05, 3.63) is 94.8 Å². The summed E-state index contributed by atoms with van der Waals surface area (Å²) in [5.41, 5.74) is 3.74. The quantitative estimate of drug-likeness (QED) is 0.591. The molecule has 1 saturated heterocycles. The normalized spacial score (nSPS) is 25.2. The molecule has 7 heteroatoms. The minimum atomic E-state index is -1.28. The van der Waals surface area contributed by atoms with E-state index in [1.165, 1.54) is 6.26 Å². The molecule has 32 heavy (non-hydrogen) atoms. The van der Waals surface area contributed by atoms with Gasteiger partial charge in [-0.2, -0.15) is 0 Å². The van der Waals surface area contributed by atoms with E-state index in [-0.39, 0.29) is 11.8 Å². The molecule has 7 nitrogen and oxygen atoms in total. The van der Waals surface area contributed by atoms with E-state index in [1.807, 2.05) is 54.6 Å². The minimum absolute atomic E-state index is 0.131. The van der Waals surface area contributed by atoms with Gasteiger partial charge >= 0.3 is 6.09 Å². The number of fused-ring (bicyclic) bond motifs is 3. The Morgan fingerprint density at radius 1 is 1.09 bits per heavy atom. The van der Waals surface area contributed by atoms with E-state index in [4.69, 9.17) is 4.74 Å². The zero-order valence-electron chi connectivity index (χ0n) is 17.5. The molecule has 3 aliphatic rings. The smallest absolute Gasteiger partial charge is 0.414 e. The number of ether oxygens (including phenoxy) is 1. The van der Waals surface area contributed by atoms with Crippen molar-refractivity contribution < 1.29 is 24.2 Å². The average molecular weight is 430 g/mol. The molecular weight excluding hydrogens is 408 g/mol. The highest BCUT2D eigenvalue weighted by Crippen LogP contribution is 2.49. The van der Waals surface area contributed by atoms with Crippen molar-refractivity contribution in [3.8, 4) is 0 Å². The van der Waals surface area contributed by atoms with Crippen LogP contribution in [0.1, 0.15) is 29.7 Å². The van der Waals surface area contributed by atoms with Gasteiger partial charge in [0.25, 0.3) is 11.8 Å². The number of benzene rings is 2. The summed E-state index contributed by atoms with van der Waals surface area (Å²) in [6.07, 6.45) is 1.71. The van der Waals surface area contributed by atoms with Crippen LogP contribution in [0.3, 0.4) is 0 Å². The van der Waals surface area contributed by atoms with Crippen LogP contribution in [0.2, 0.25) is 0 Å². The van der Waals surface area contributed by atoms with E-state index in [9.17, 15) is 19.5 Å². The molecule has 2 aromatic carbocycles. The van der Waals surface area contributed by atoms with Crippen LogP contribution in [0, 0.1) is 5.92 Å². The summed E-state index contributed by atoms with van der Waals surface area (Å²) >= 11 is 0. The van der Waals surface area contributed by atoms with E-state index in [0.29, 0.717) is 24.1 Å². The predicted octanol–water partition coefficient (Wildman–Crippen LogP) is 3.64. The van der Waals surface area contributed by atoms with Gasteiger partial charge in [-0.25, -0.2) is 9.69 Å². The van der Waals surface area contributed by atoms with E-state index >= 15 is 0 Å². The van der Waals surface area contributed by atoms with Gasteiger partial charge in [0.05, 0.1) is 17.9 Å². The molecule has 3 unspecified atom stereocenters. The third-order valence-electron chi connectivity index (χ3n) is 6.37. The number of nitrogens with zero attached hydrogens (tertiary/aromatic N) is 2. The van der Waals surface area contributed by atoms with Gasteiger partial charge in [0.1, 0.15) is 0 Å². The first kappa shape index (κ1) is 20.1. The zero-order valence-corrected chi connectivity index (χ0v) is 17.5. The number of rotatable bonds is 4. The fraction of sp³-hybridized carbons (Fsp3) is 0.240. The second-order valence-corrected chi connectivity index (χ2v) is 8.28. The Bertz CT molecular complexity index is 1170. The molecule has 1 N–H and O–H groups in total. The molecule has 0 spiro atoms. The standard InChI is InChI=1S/C25H22N2O5/c1-15-11-21(26(23(15)28)13-16-7-3-2-4-8-16)32-14-20-19-12-17-9-5-6-10-18(17)22(19)27(24(20)29)25(30)31/h2-11,14,19,21-22H,12-13H2,1H3,(H,30,31). The molecule has 1 fully saturated rings. The Hall–Kier alpha value is -3.87. The third kappa shape index (κ3) is 3.17. The van der Waals surface area contributed by atoms with Crippen LogP contribution in [0.25, 0.3) is 0 Å². The predicted molar refractivity (Wildman–Crippen MR) is 115 cm³/mol. The molecule has 1 aliphatic carbocycles. The van der Waals surface area contributed by atoms with Crippen molar-refractivity contribution in [2.75, 3.05) is 0 Å². The summed E-state index contributed by atoms with van der Waals surface area (Å²) in [4.78, 5) is 40.0. The van der Waals surface area contributed by atoms with E-state index < -0.39 is 24.3 Å². The first-order valence-corrected chi connectivity index (χ1v) is 10.5. The van der Waals surface area contributed by atoms with Crippen molar-refractivity contribution in [1.82, 2.24) is 9.80 Å². The van der Waals surface area contributed by atoms with Crippen molar-refractivity contribution >= 4 is 17.9 Å². The van der Waals surface area contributed by atoms with Crippen LogP contribution in [0.15, 0.2) is 78.1 Å². The highest BCUT2D eigenvalue weighted by molar-refractivity contribution is 6.05. The maximum Gasteiger partial charge on any atom is 0.414 e. The lowest BCUT2D eigenvalue weighted by Crippen LogP contribution is -2.35. The monoisotopic (exact) mass is 430 g/mol. The second kappa shape index (κ2) is 7.67. The zero-order chi connectivity index (χ0) is 22.4. The summed E-state index contributed by atoms with van der Waals surface area (Å²) in [5, 5.41) is 9.70. The van der Waals surface area contributed by atoms with Crippen LogP contribution in [0.4, 0.5) is 4.79 Å². The number of amides is 3. The first-order chi connectivity index (χ1) is 15.5. The number of hydrogen-bond donors (Lipinski definition) is 1. The fourth-order valence-corrected chi connectivity index (χ4v) is 4.86. The molecular formula is C25H22N2O5. The lowest BCUT2D eigenvalue weighted by molar-refractivity contribution is -0.132. The Morgan fingerprint density at radius 2 is 1.81 bits per heavy atom. The molecule has 0 saturated carbocycles. The summed E-state index contributed by atoms with van der Waals surface area (Å²) in [5.74, 6) is -1.00. The second-order valence-electron chi connectivity index (χ2n) is 8.28. The van der Waals surface area contributed by atoms with Crippen LogP contribution in [0.5, 0.6) is 0 Å². The van der Waals surface area contributed by atoms with Gasteiger partial charge in [0, 0.05) is 18.0 Å². The summed E-state index contributed by atoms with van der Waals surface area (Å²) in [6.45, 7) is 2.10. The van der Waals surface area contributed by atoms with Crippen molar-refractivity contribution in [3.63, 3.8) is 0 Å². The van der Waals surface area contributed by atoms with Crippen LogP contribution in [-0.2, 0) is 27.3 Å². The molecule has 0 radical (unpaired) electrons. The Balaban J connectivity index is 1.42. The number of carbonyl (C=O) groups is 3. The highest BCUT2D eigenvalue weighted by Gasteiger charge is 2.52. The van der Waals surface area contributed by atoms with Gasteiger partial charge < -0.3 is 9.84 Å². The lowest BCUT2D eigenvalue weighted by atomic mass is 9.97. The van der Waals surface area contributed by atoms with Gasteiger partial charge in [-0.1, -0.05) is 54.6 Å². The molecule has 2 aromatic rings. The molecule has 2 heterocycles. The maximum absolute atomic E-state index is 13.0. The largest absolute Gasteiger partial charge is 0.474 e. The van der Waals surface area contributed by atoms with Gasteiger partial charge in [0.15, 0.2) is 6.23 Å². The van der Waals surface area contributed by atoms with Crippen molar-refractivity contribution in [2.24, 2.45) is 5.92 Å². The maximum atomic E-state index is 13.0. The van der Waals surface area contributed by atoms with Crippen LogP contribution in [-0.4, -0.2) is 39.0 Å². The summed E-state index contributed by atoms with van der Waals surface area (Å²) < 4.78 is 5.94. The molecule has 3 amide bonds. The lowest BCUT2D eigenvalue weighted by Gasteiger charge is -2.24. The summed E-state index contributed by atoms with van der Waals surface area (Å²) in [6, 6.07) is 16.6. The van der Waals surface area contributed by atoms with Crippen LogP contribution >= 0.6 is 0 Å². The first-order valence-electron chi connectivity index (χ1n) is 10.5. The number of carbonyl (C=O) groups excluding carboxylic acids is 2. The topological polar surface area (TPSA) is 87.2 Å². The average Bonchev–Trinajstić information content (AvgIpc) is 3.37. The van der Waals surface area contributed by atoms with Gasteiger partial charge in [-0.15, -0.1) is 0 Å². The Kier molecular flexibility index (Phi) is 4.81. The van der Waals surface area contributed by atoms with Gasteiger partial charge in [0.2, 0.25) is 0 Å². The molecule has 0 bridgehead atoms. The van der Waals surface area contributed by atoms with E-state index in [0.717, 1.165) is 21.6 Å². The number of likely N-dealkylation sites (tertiary alicyclic amines) is 1. The molecule has 2 aliphatic heterocycles. The highest BCUT2D eigenvalue weighted by atomic mass is 16.5. The minimum Gasteiger partial charge on any atom is -0.474 e. The molecule has 3 atom stereocenters. The van der Waals surface area contributed by atoms with Crippen molar-refractivity contribution in [2.45, 2.75) is 32.2 Å². The Labute approximate surface area is 185 Å². The van der Waals surface area contributed by atoms with Crippen LogP contribution < -0.4 is 0 Å². The Morgan fingerprint density at radius 3 is 2.56 bits per heavy atom. The number of imide groups is 1. The molecule has 162 valence electrons. The van der Waals surface area contributed by atoms with E-state index in [2.05, 4.69) is 0 Å². The molecule has 0 aromatic heterocycles. The third-order valence-corrected chi connectivity index (χ3v) is 6.37. The van der Waals surface area contributed by atoms with Crippen molar-refractivity contribution in [1.29, 1.82) is 0 Å². The number of carboxylic acid groups (broad SMARTS) is 1. The summed E-state index contributed by atoms with van der Waals surface area (Å²) in [7, 11) is 0. The van der Waals surface area contributed by atoms with E-state index in [1.54, 1.807) is 17.9 Å². The van der Waals surface area contributed by atoms with Gasteiger partial charge in [-0.05, 0) is 36.1 Å². The molecule has 5 rings (SSSR count). The SMILES string of the molecule is CC1=CC(OC=C2C(=O)N(C(=O)O)C3c4ccccc4CC23)N(Cc2ccccc2)C1=O. The number of hydrogen-bond acceptors (Lipinski definition) is 4. The van der Waals surface area contributed by atoms with Gasteiger partial charge in [-0.3, -0.25) is 14.5 Å². The fourth-order valence-electron chi connectivity index (χ4n) is 4.86.